The number of benzene rings is 1. The number of aromatic nitrogens is 3. The number of piperidine rings is 1. The van der Waals surface area contributed by atoms with Crippen molar-refractivity contribution in [2.75, 3.05) is 26.2 Å². The molecule has 3 aromatic rings. The van der Waals surface area contributed by atoms with Gasteiger partial charge in [-0.05, 0) is 56.1 Å². The first-order chi connectivity index (χ1) is 13.8. The highest BCUT2D eigenvalue weighted by molar-refractivity contribution is 7.14. The van der Waals surface area contributed by atoms with Crippen LogP contribution in [0.15, 0.2) is 30.3 Å². The molecule has 5 rings (SSSR count). The van der Waals surface area contributed by atoms with E-state index in [1.54, 1.807) is 11.3 Å². The number of rotatable bonds is 4. The standard InChI is InChI=1S/C20H23N5O2S/c26-19(22-10-11-25-16-4-2-1-3-15(16)23-24-25)17-13-14-5-12-27-20(18(14)28-17)6-8-21-9-7-20/h1-4,13,21H,5-12H2,(H,22,26). The molecule has 1 fully saturated rings. The molecule has 1 aromatic carbocycles. The van der Waals surface area contributed by atoms with Crippen LogP contribution >= 0.6 is 11.3 Å². The van der Waals surface area contributed by atoms with Gasteiger partial charge in [0.25, 0.3) is 5.91 Å². The fourth-order valence-corrected chi connectivity index (χ4v) is 5.51. The predicted octanol–water partition coefficient (Wildman–Crippen LogP) is 2.07. The molecule has 2 aliphatic heterocycles. The third kappa shape index (κ3) is 3.11. The second-order valence-corrected chi connectivity index (χ2v) is 8.42. The first kappa shape index (κ1) is 17.8. The van der Waals surface area contributed by atoms with Gasteiger partial charge in [-0.15, -0.1) is 16.4 Å². The summed E-state index contributed by atoms with van der Waals surface area (Å²) in [5.41, 5.74) is 2.94. The van der Waals surface area contributed by atoms with Crippen molar-refractivity contribution in [3.8, 4) is 0 Å². The van der Waals surface area contributed by atoms with E-state index in [4.69, 9.17) is 4.74 Å². The van der Waals surface area contributed by atoms with Gasteiger partial charge in [0.15, 0.2) is 0 Å². The van der Waals surface area contributed by atoms with Crippen LogP contribution in [-0.2, 0) is 23.3 Å². The monoisotopic (exact) mass is 397 g/mol. The number of fused-ring (bicyclic) bond motifs is 3. The number of carbonyl (C=O) groups is 1. The number of nitrogens with one attached hydrogen (secondary N) is 2. The minimum Gasteiger partial charge on any atom is -0.369 e. The molecule has 2 aliphatic rings. The lowest BCUT2D eigenvalue weighted by Crippen LogP contribution is -2.43. The lowest BCUT2D eigenvalue weighted by molar-refractivity contribution is -0.0771. The minimum atomic E-state index is -0.193. The molecule has 2 N–H and O–H groups in total. The fraction of sp³-hybridized carbons (Fsp3) is 0.450. The largest absolute Gasteiger partial charge is 0.369 e. The number of carbonyl (C=O) groups excluding carboxylic acids is 1. The smallest absolute Gasteiger partial charge is 0.261 e. The number of hydrogen-bond acceptors (Lipinski definition) is 6. The Morgan fingerprint density at radius 1 is 1.32 bits per heavy atom. The third-order valence-electron chi connectivity index (χ3n) is 5.64. The first-order valence-electron chi connectivity index (χ1n) is 9.79. The molecule has 0 radical (unpaired) electrons. The summed E-state index contributed by atoms with van der Waals surface area (Å²) < 4.78 is 8.04. The normalized spacial score (nSPS) is 18.3. The SMILES string of the molecule is O=C(NCCn1nnc2ccccc21)c1cc2c(s1)C1(CCNCC1)OCC2. The molecular formula is C20H23N5O2S. The van der Waals surface area contributed by atoms with Crippen LogP contribution in [-0.4, -0.2) is 47.1 Å². The summed E-state index contributed by atoms with van der Waals surface area (Å²) in [6, 6.07) is 9.90. The molecule has 0 atom stereocenters. The second-order valence-electron chi connectivity index (χ2n) is 7.36. The molecule has 0 saturated carbocycles. The van der Waals surface area contributed by atoms with Crippen molar-refractivity contribution >= 4 is 28.3 Å². The summed E-state index contributed by atoms with van der Waals surface area (Å²) >= 11 is 1.60. The molecular weight excluding hydrogens is 374 g/mol. The van der Waals surface area contributed by atoms with Gasteiger partial charge in [-0.25, -0.2) is 4.68 Å². The second kappa shape index (κ2) is 7.27. The summed E-state index contributed by atoms with van der Waals surface area (Å²) in [6.07, 6.45) is 2.83. The van der Waals surface area contributed by atoms with E-state index in [1.165, 1.54) is 10.4 Å². The molecule has 7 nitrogen and oxygen atoms in total. The Morgan fingerprint density at radius 2 is 2.18 bits per heavy atom. The van der Waals surface area contributed by atoms with Crippen LogP contribution in [0.25, 0.3) is 11.0 Å². The molecule has 2 aromatic heterocycles. The molecule has 8 heteroatoms. The lowest BCUT2D eigenvalue weighted by atomic mass is 9.86. The molecule has 1 saturated heterocycles. The van der Waals surface area contributed by atoms with Gasteiger partial charge in [0.2, 0.25) is 0 Å². The number of para-hydroxylation sites is 1. The third-order valence-corrected chi connectivity index (χ3v) is 7.00. The van der Waals surface area contributed by atoms with Crippen LogP contribution in [0, 0.1) is 0 Å². The van der Waals surface area contributed by atoms with Gasteiger partial charge in [-0.3, -0.25) is 4.79 Å². The van der Waals surface area contributed by atoms with Gasteiger partial charge in [-0.2, -0.15) is 0 Å². The molecule has 1 spiro atoms. The van der Waals surface area contributed by atoms with Crippen LogP contribution in [0.2, 0.25) is 0 Å². The lowest BCUT2D eigenvalue weighted by Gasteiger charge is -2.40. The summed E-state index contributed by atoms with van der Waals surface area (Å²) in [6.45, 7) is 3.77. The Balaban J connectivity index is 1.27. The van der Waals surface area contributed by atoms with Crippen molar-refractivity contribution in [3.05, 3.63) is 45.6 Å². The Kier molecular flexibility index (Phi) is 4.62. The summed E-state index contributed by atoms with van der Waals surface area (Å²) in [7, 11) is 0. The number of ether oxygens (including phenoxy) is 1. The van der Waals surface area contributed by atoms with Gasteiger partial charge in [0.05, 0.1) is 23.5 Å². The van der Waals surface area contributed by atoms with Crippen LogP contribution in [0.1, 0.15) is 33.0 Å². The molecule has 0 bridgehead atoms. The number of hydrogen-bond donors (Lipinski definition) is 2. The molecule has 0 aliphatic carbocycles. The molecule has 28 heavy (non-hydrogen) atoms. The topological polar surface area (TPSA) is 81.1 Å². The van der Waals surface area contributed by atoms with Gasteiger partial charge in [0.1, 0.15) is 11.1 Å². The number of amides is 1. The van der Waals surface area contributed by atoms with E-state index in [0.29, 0.717) is 13.1 Å². The van der Waals surface area contributed by atoms with E-state index < -0.39 is 0 Å². The van der Waals surface area contributed by atoms with Crippen molar-refractivity contribution in [2.45, 2.75) is 31.4 Å². The quantitative estimate of drug-likeness (QED) is 0.705. The summed E-state index contributed by atoms with van der Waals surface area (Å²) in [5, 5.41) is 14.8. The summed E-state index contributed by atoms with van der Waals surface area (Å²) in [5.74, 6) is -0.0205. The van der Waals surface area contributed by atoms with E-state index >= 15 is 0 Å². The zero-order valence-electron chi connectivity index (χ0n) is 15.6. The number of thiophene rings is 1. The maximum atomic E-state index is 12.7. The van der Waals surface area contributed by atoms with Crippen molar-refractivity contribution in [2.24, 2.45) is 0 Å². The van der Waals surface area contributed by atoms with Gasteiger partial charge >= 0.3 is 0 Å². The van der Waals surface area contributed by atoms with Crippen molar-refractivity contribution < 1.29 is 9.53 Å². The van der Waals surface area contributed by atoms with Crippen LogP contribution in [0.4, 0.5) is 0 Å². The predicted molar refractivity (Wildman–Crippen MR) is 108 cm³/mol. The molecule has 146 valence electrons. The minimum absolute atomic E-state index is 0.0205. The maximum absolute atomic E-state index is 12.7. The average molecular weight is 398 g/mol. The molecule has 4 heterocycles. The maximum Gasteiger partial charge on any atom is 0.261 e. The van der Waals surface area contributed by atoms with Crippen molar-refractivity contribution in [1.82, 2.24) is 25.6 Å². The highest BCUT2D eigenvalue weighted by Crippen LogP contribution is 2.44. The zero-order chi connectivity index (χ0) is 19.0. The Labute approximate surface area is 167 Å². The van der Waals surface area contributed by atoms with Gasteiger partial charge in [0, 0.05) is 11.4 Å². The first-order valence-corrected chi connectivity index (χ1v) is 10.6. The van der Waals surface area contributed by atoms with Gasteiger partial charge in [-0.1, -0.05) is 17.3 Å². The highest BCUT2D eigenvalue weighted by atomic mass is 32.1. The van der Waals surface area contributed by atoms with Crippen LogP contribution < -0.4 is 10.6 Å². The molecule has 1 amide bonds. The van der Waals surface area contributed by atoms with Crippen molar-refractivity contribution in [3.63, 3.8) is 0 Å². The average Bonchev–Trinajstić information content (AvgIpc) is 3.34. The van der Waals surface area contributed by atoms with E-state index in [1.807, 2.05) is 28.9 Å². The Morgan fingerprint density at radius 3 is 3.07 bits per heavy atom. The Hall–Kier alpha value is -2.29. The molecule has 0 unspecified atom stereocenters. The zero-order valence-corrected chi connectivity index (χ0v) is 16.4. The van der Waals surface area contributed by atoms with E-state index in [-0.39, 0.29) is 11.5 Å². The van der Waals surface area contributed by atoms with Crippen LogP contribution in [0.3, 0.4) is 0 Å². The van der Waals surface area contributed by atoms with Gasteiger partial charge < -0.3 is 15.4 Å². The van der Waals surface area contributed by atoms with Crippen molar-refractivity contribution in [1.29, 1.82) is 0 Å². The van der Waals surface area contributed by atoms with Crippen LogP contribution in [0.5, 0.6) is 0 Å². The fourth-order valence-electron chi connectivity index (χ4n) is 4.18. The van der Waals surface area contributed by atoms with E-state index in [0.717, 1.165) is 54.9 Å². The van der Waals surface area contributed by atoms with E-state index in [9.17, 15) is 4.79 Å². The van der Waals surface area contributed by atoms with E-state index in [2.05, 4.69) is 27.0 Å². The number of nitrogens with zero attached hydrogens (tertiary/aromatic N) is 3. The Bertz CT molecular complexity index is 1010. The highest BCUT2D eigenvalue weighted by Gasteiger charge is 2.41. The summed E-state index contributed by atoms with van der Waals surface area (Å²) in [4.78, 5) is 14.8.